The fraction of sp³-hybridized carbons (Fsp3) is 0.391. The first kappa shape index (κ1) is 20.8. The van der Waals surface area contributed by atoms with Gasteiger partial charge in [-0.05, 0) is 68.2 Å². The van der Waals surface area contributed by atoms with Gasteiger partial charge in [0.25, 0.3) is 0 Å². The van der Waals surface area contributed by atoms with Gasteiger partial charge in [-0.15, -0.1) is 0 Å². The van der Waals surface area contributed by atoms with Crippen LogP contribution in [0.5, 0.6) is 0 Å². The van der Waals surface area contributed by atoms with E-state index >= 15 is 4.39 Å². The first-order chi connectivity index (χ1) is 14.4. The number of rotatable bonds is 5. The van der Waals surface area contributed by atoms with Gasteiger partial charge >= 0.3 is 0 Å². The molecular formula is C23H28FN5S. The number of hydrogen-bond donors (Lipinski definition) is 2. The van der Waals surface area contributed by atoms with Crippen molar-refractivity contribution in [3.8, 4) is 0 Å². The molecule has 0 unspecified atom stereocenters. The molecule has 5 nitrogen and oxygen atoms in total. The molecule has 2 heterocycles. The number of fused-ring (bicyclic) bond motifs is 1. The van der Waals surface area contributed by atoms with Gasteiger partial charge in [0, 0.05) is 24.7 Å². The summed E-state index contributed by atoms with van der Waals surface area (Å²) in [7, 11) is 0. The van der Waals surface area contributed by atoms with Gasteiger partial charge in [-0.1, -0.05) is 36.4 Å². The normalized spacial score (nSPS) is 24.2. The van der Waals surface area contributed by atoms with E-state index in [2.05, 4.69) is 51.5 Å². The summed E-state index contributed by atoms with van der Waals surface area (Å²) in [4.78, 5) is 4.87. The molecule has 2 aliphatic rings. The molecule has 0 spiro atoms. The van der Waals surface area contributed by atoms with Crippen molar-refractivity contribution >= 4 is 29.2 Å². The minimum Gasteiger partial charge on any atom is -0.375 e. The zero-order chi connectivity index (χ0) is 21.1. The average Bonchev–Trinajstić information content (AvgIpc) is 3.09. The van der Waals surface area contributed by atoms with Gasteiger partial charge in [0.05, 0.1) is 11.9 Å². The summed E-state index contributed by atoms with van der Waals surface area (Å²) < 4.78 is 15.2. The predicted octanol–water partition coefficient (Wildman–Crippen LogP) is 3.28. The van der Waals surface area contributed by atoms with E-state index in [1.165, 1.54) is 24.3 Å². The van der Waals surface area contributed by atoms with Crippen molar-refractivity contribution in [2.45, 2.75) is 37.8 Å². The molecule has 2 fully saturated rings. The van der Waals surface area contributed by atoms with Crippen LogP contribution in [0.1, 0.15) is 30.9 Å². The van der Waals surface area contributed by atoms with Crippen LogP contribution in [0.25, 0.3) is 0 Å². The summed E-state index contributed by atoms with van der Waals surface area (Å²) in [6.07, 6.45) is 4.77. The van der Waals surface area contributed by atoms with Gasteiger partial charge in [0.15, 0.2) is 5.11 Å². The lowest BCUT2D eigenvalue weighted by Crippen LogP contribution is -2.63. The van der Waals surface area contributed by atoms with Crippen molar-refractivity contribution in [2.24, 2.45) is 10.8 Å². The molecule has 0 bridgehead atoms. The minimum absolute atomic E-state index is 0.0785. The Kier molecular flexibility index (Phi) is 6.01. The topological polar surface area (TPSA) is 56.9 Å². The number of benzene rings is 2. The number of nitrogens with two attached hydrogens (primary N) is 1. The Morgan fingerprint density at radius 1 is 1.33 bits per heavy atom. The lowest BCUT2D eigenvalue weighted by Gasteiger charge is -2.50. The van der Waals surface area contributed by atoms with E-state index < -0.39 is 0 Å². The Labute approximate surface area is 182 Å². The summed E-state index contributed by atoms with van der Waals surface area (Å²) in [6, 6.07) is 16.0. The van der Waals surface area contributed by atoms with Crippen molar-refractivity contribution in [1.82, 2.24) is 10.3 Å². The van der Waals surface area contributed by atoms with E-state index in [1.807, 2.05) is 18.2 Å². The third-order valence-corrected chi connectivity index (χ3v) is 6.36. The monoisotopic (exact) mass is 425 g/mol. The molecule has 4 rings (SSSR count). The summed E-state index contributed by atoms with van der Waals surface area (Å²) in [6.45, 7) is 5.22. The lowest BCUT2D eigenvalue weighted by molar-refractivity contribution is 0.114. The zero-order valence-corrected chi connectivity index (χ0v) is 18.0. The van der Waals surface area contributed by atoms with Crippen molar-refractivity contribution in [1.29, 1.82) is 0 Å². The Balaban J connectivity index is 1.61. The smallest absolute Gasteiger partial charge is 0.184 e. The summed E-state index contributed by atoms with van der Waals surface area (Å²) in [5.41, 5.74) is 10.6. The Hall–Kier alpha value is -2.51. The van der Waals surface area contributed by atoms with Crippen LogP contribution in [0.4, 0.5) is 10.1 Å². The second-order valence-electron chi connectivity index (χ2n) is 8.46. The molecule has 0 saturated carbocycles. The average molecular weight is 426 g/mol. The number of halogens is 1. The van der Waals surface area contributed by atoms with Gasteiger partial charge in [-0.3, -0.25) is 10.3 Å². The number of nitrogens with one attached hydrogen (secondary N) is 1. The number of nitrogens with zero attached hydrogens (tertiary/aromatic N) is 3. The molecule has 3 N–H and O–H groups in total. The first-order valence-corrected chi connectivity index (χ1v) is 10.8. The molecule has 0 aliphatic carbocycles. The highest BCUT2D eigenvalue weighted by molar-refractivity contribution is 7.80. The Morgan fingerprint density at radius 3 is 2.87 bits per heavy atom. The van der Waals surface area contributed by atoms with Crippen LogP contribution in [-0.2, 0) is 6.42 Å². The van der Waals surface area contributed by atoms with E-state index in [0.717, 1.165) is 32.5 Å². The molecule has 2 aromatic rings. The zero-order valence-electron chi connectivity index (χ0n) is 17.2. The van der Waals surface area contributed by atoms with Gasteiger partial charge in [0.2, 0.25) is 0 Å². The van der Waals surface area contributed by atoms with Crippen molar-refractivity contribution in [3.63, 3.8) is 0 Å². The van der Waals surface area contributed by atoms with Crippen LogP contribution in [-0.4, -0.2) is 47.4 Å². The van der Waals surface area contributed by atoms with Crippen LogP contribution in [0, 0.1) is 5.82 Å². The fourth-order valence-corrected chi connectivity index (χ4v) is 4.82. The van der Waals surface area contributed by atoms with E-state index in [-0.39, 0.29) is 22.5 Å². The van der Waals surface area contributed by atoms with Gasteiger partial charge in [0.1, 0.15) is 5.82 Å². The van der Waals surface area contributed by atoms with E-state index in [9.17, 15) is 0 Å². The van der Waals surface area contributed by atoms with E-state index in [1.54, 1.807) is 0 Å². The highest BCUT2D eigenvalue weighted by Crippen LogP contribution is 2.38. The van der Waals surface area contributed by atoms with Crippen molar-refractivity contribution in [3.05, 3.63) is 65.5 Å². The fourth-order valence-electron chi connectivity index (χ4n) is 4.77. The minimum atomic E-state index is -0.234. The van der Waals surface area contributed by atoms with Crippen LogP contribution in [0.3, 0.4) is 0 Å². The quantitative estimate of drug-likeness (QED) is 0.437. The molecule has 7 heteroatoms. The molecular weight excluding hydrogens is 397 g/mol. The molecule has 0 radical (unpaired) electrons. The molecule has 158 valence electrons. The summed E-state index contributed by atoms with van der Waals surface area (Å²) >= 11 is 4.73. The second-order valence-corrected chi connectivity index (χ2v) is 8.90. The standard InChI is InChI=1S/C23H28FN5S/c1-23-10-5-11-28(23)15-19(12-17-6-3-2-4-7-17)29(16-23)21-9-8-18(13-20(21)24)14-26-27-22(25)30/h2-4,6-9,13-14,19H,5,10-12,15-16H2,1H3,(H3,25,27,30)/b26-14+/t19-,23-/m0/s1. The van der Waals surface area contributed by atoms with Gasteiger partial charge in [-0.2, -0.15) is 5.10 Å². The van der Waals surface area contributed by atoms with E-state index in [4.69, 9.17) is 18.0 Å². The molecule has 2 saturated heterocycles. The van der Waals surface area contributed by atoms with Crippen LogP contribution in [0.2, 0.25) is 0 Å². The van der Waals surface area contributed by atoms with Gasteiger partial charge < -0.3 is 10.6 Å². The number of hydrazone groups is 1. The van der Waals surface area contributed by atoms with E-state index in [0.29, 0.717) is 11.3 Å². The van der Waals surface area contributed by atoms with Crippen LogP contribution < -0.4 is 16.1 Å². The maximum atomic E-state index is 15.2. The molecule has 2 aliphatic heterocycles. The van der Waals surface area contributed by atoms with Crippen molar-refractivity contribution < 1.29 is 4.39 Å². The lowest BCUT2D eigenvalue weighted by atomic mass is 9.90. The first-order valence-electron chi connectivity index (χ1n) is 10.4. The molecule has 0 amide bonds. The largest absolute Gasteiger partial charge is 0.375 e. The molecule has 0 aromatic heterocycles. The molecule has 2 atom stereocenters. The Morgan fingerprint density at radius 2 is 2.13 bits per heavy atom. The predicted molar refractivity (Wildman–Crippen MR) is 124 cm³/mol. The third kappa shape index (κ3) is 4.47. The summed E-state index contributed by atoms with van der Waals surface area (Å²) in [5, 5.41) is 4.00. The van der Waals surface area contributed by atoms with Crippen LogP contribution >= 0.6 is 12.2 Å². The maximum Gasteiger partial charge on any atom is 0.184 e. The second kappa shape index (κ2) is 8.70. The highest BCUT2D eigenvalue weighted by Gasteiger charge is 2.45. The maximum absolute atomic E-state index is 15.2. The number of thiocarbonyl (C=S) groups is 1. The molecule has 2 aromatic carbocycles. The Bertz CT molecular complexity index is 934. The summed E-state index contributed by atoms with van der Waals surface area (Å²) in [5.74, 6) is -0.234. The number of hydrogen-bond acceptors (Lipinski definition) is 4. The third-order valence-electron chi connectivity index (χ3n) is 6.27. The van der Waals surface area contributed by atoms with Crippen LogP contribution in [0.15, 0.2) is 53.6 Å². The van der Waals surface area contributed by atoms with Gasteiger partial charge in [-0.25, -0.2) is 4.39 Å². The number of piperazine rings is 1. The molecule has 30 heavy (non-hydrogen) atoms. The SMILES string of the molecule is C[C@@]12CCCN1C[C@H](Cc1ccccc1)N(c1ccc(/C=N/NC(N)=S)cc1F)C2. The number of anilines is 1. The van der Waals surface area contributed by atoms with Crippen molar-refractivity contribution in [2.75, 3.05) is 24.5 Å². The highest BCUT2D eigenvalue weighted by atomic mass is 32.1.